The fraction of sp³-hybridized carbons (Fsp3) is 0.0909. The predicted octanol–water partition coefficient (Wildman–Crippen LogP) is 2.29. The van der Waals surface area contributed by atoms with Crippen molar-refractivity contribution >= 4 is 26.8 Å². The molecule has 0 aliphatic heterocycles. The molecule has 0 saturated heterocycles. The molecule has 0 spiro atoms. The Bertz CT molecular complexity index is 610. The Labute approximate surface area is 94.7 Å². The van der Waals surface area contributed by atoms with Crippen LogP contribution in [0.1, 0.15) is 0 Å². The monoisotopic (exact) mass is 262 g/mol. The first-order valence-electron chi connectivity index (χ1n) is 4.38. The molecule has 3 nitrogen and oxygen atoms in total. The van der Waals surface area contributed by atoms with Crippen LogP contribution in [-0.4, -0.2) is 4.57 Å². The van der Waals surface area contributed by atoms with Crippen LogP contribution in [-0.2, 0) is 6.54 Å². The molecule has 0 radical (unpaired) electrons. The molecule has 2 rings (SSSR count). The van der Waals surface area contributed by atoms with Gasteiger partial charge in [0.1, 0.15) is 6.54 Å². The van der Waals surface area contributed by atoms with Gasteiger partial charge >= 0.3 is 0 Å². The summed E-state index contributed by atoms with van der Waals surface area (Å²) in [5.41, 5.74) is 0.757. The Hall–Kier alpha value is -1.60. The average Bonchev–Trinajstić information content (AvgIpc) is 2.23. The summed E-state index contributed by atoms with van der Waals surface area (Å²) in [5.74, 6) is 0. The van der Waals surface area contributed by atoms with Gasteiger partial charge in [-0.3, -0.25) is 4.79 Å². The molecule has 4 heteroatoms. The van der Waals surface area contributed by atoms with E-state index in [0.717, 1.165) is 9.99 Å². The summed E-state index contributed by atoms with van der Waals surface area (Å²) in [7, 11) is 0. The van der Waals surface area contributed by atoms with Gasteiger partial charge in [-0.25, -0.2) is 0 Å². The molecule has 1 aromatic carbocycles. The van der Waals surface area contributed by atoms with Crippen LogP contribution in [0.15, 0.2) is 39.7 Å². The predicted molar refractivity (Wildman–Crippen MR) is 61.5 cm³/mol. The van der Waals surface area contributed by atoms with Gasteiger partial charge in [0.2, 0.25) is 0 Å². The zero-order chi connectivity index (χ0) is 10.8. The second-order valence-corrected chi connectivity index (χ2v) is 4.04. The van der Waals surface area contributed by atoms with Crippen LogP contribution in [0.4, 0.5) is 0 Å². The normalized spacial score (nSPS) is 10.1. The van der Waals surface area contributed by atoms with E-state index in [1.165, 1.54) is 6.07 Å². The van der Waals surface area contributed by atoms with E-state index < -0.39 is 0 Å². The molecule has 1 heterocycles. The highest BCUT2D eigenvalue weighted by Gasteiger charge is 2.02. The minimum Gasteiger partial charge on any atom is -0.333 e. The van der Waals surface area contributed by atoms with Gasteiger partial charge in [-0.2, -0.15) is 5.26 Å². The molecule has 0 fully saturated rings. The van der Waals surface area contributed by atoms with E-state index >= 15 is 0 Å². The third-order valence-electron chi connectivity index (χ3n) is 2.18. The van der Waals surface area contributed by atoms with Crippen molar-refractivity contribution in [2.45, 2.75) is 6.54 Å². The third kappa shape index (κ3) is 1.79. The van der Waals surface area contributed by atoms with E-state index in [9.17, 15) is 4.79 Å². The van der Waals surface area contributed by atoms with Crippen molar-refractivity contribution in [1.29, 1.82) is 5.26 Å². The highest BCUT2D eigenvalue weighted by Crippen LogP contribution is 2.16. The molecular weight excluding hydrogens is 256 g/mol. The molecule has 2 aromatic rings. The number of nitrogens with zero attached hydrogens (tertiary/aromatic N) is 2. The lowest BCUT2D eigenvalue weighted by molar-refractivity contribution is 0.861. The molecule has 0 unspecified atom stereocenters. The number of fused-ring (bicyclic) bond motifs is 1. The number of hydrogen-bond acceptors (Lipinski definition) is 2. The first-order valence-corrected chi connectivity index (χ1v) is 5.17. The van der Waals surface area contributed by atoms with E-state index in [1.54, 1.807) is 16.8 Å². The number of aromatic nitrogens is 1. The highest BCUT2D eigenvalue weighted by molar-refractivity contribution is 9.10. The van der Waals surface area contributed by atoms with Crippen LogP contribution < -0.4 is 5.43 Å². The van der Waals surface area contributed by atoms with Crippen molar-refractivity contribution in [3.8, 4) is 6.07 Å². The lowest BCUT2D eigenvalue weighted by atomic mass is 10.2. The third-order valence-corrected chi connectivity index (χ3v) is 2.67. The largest absolute Gasteiger partial charge is 0.333 e. The van der Waals surface area contributed by atoms with Gasteiger partial charge in [-0.1, -0.05) is 15.9 Å². The number of pyridine rings is 1. The molecule has 0 amide bonds. The van der Waals surface area contributed by atoms with Crippen molar-refractivity contribution in [3.63, 3.8) is 0 Å². The highest BCUT2D eigenvalue weighted by atomic mass is 79.9. The topological polar surface area (TPSA) is 45.8 Å². The maximum Gasteiger partial charge on any atom is 0.189 e. The van der Waals surface area contributed by atoms with Gasteiger partial charge < -0.3 is 4.57 Å². The van der Waals surface area contributed by atoms with Crippen LogP contribution in [0.3, 0.4) is 0 Å². The van der Waals surface area contributed by atoms with Crippen molar-refractivity contribution in [2.75, 3.05) is 0 Å². The van der Waals surface area contributed by atoms with Gasteiger partial charge in [0.05, 0.1) is 11.6 Å². The molecule has 0 aliphatic carbocycles. The lowest BCUT2D eigenvalue weighted by Gasteiger charge is -2.06. The zero-order valence-electron chi connectivity index (χ0n) is 7.77. The summed E-state index contributed by atoms with van der Waals surface area (Å²) >= 11 is 3.32. The zero-order valence-corrected chi connectivity index (χ0v) is 9.36. The molecule has 0 bridgehead atoms. The van der Waals surface area contributed by atoms with Gasteiger partial charge in [0.15, 0.2) is 5.43 Å². The van der Waals surface area contributed by atoms with Crippen molar-refractivity contribution in [2.24, 2.45) is 0 Å². The summed E-state index contributed by atoms with van der Waals surface area (Å²) in [5, 5.41) is 9.27. The molecule has 0 atom stereocenters. The van der Waals surface area contributed by atoms with Crippen LogP contribution in [0.5, 0.6) is 0 Å². The Balaban J connectivity index is 2.84. The van der Waals surface area contributed by atoms with Crippen LogP contribution >= 0.6 is 15.9 Å². The minimum atomic E-state index is -0.0273. The van der Waals surface area contributed by atoms with E-state index in [0.29, 0.717) is 5.39 Å². The van der Waals surface area contributed by atoms with E-state index in [1.807, 2.05) is 12.1 Å². The van der Waals surface area contributed by atoms with Gasteiger partial charge in [0, 0.05) is 22.1 Å². The summed E-state index contributed by atoms with van der Waals surface area (Å²) in [6.07, 6.45) is 1.64. The van der Waals surface area contributed by atoms with E-state index in [2.05, 4.69) is 22.0 Å². The number of halogens is 1. The maximum atomic E-state index is 11.6. The molecule has 0 N–H and O–H groups in total. The summed E-state index contributed by atoms with van der Waals surface area (Å²) in [6.45, 7) is 0.248. The molecular formula is C11H7BrN2O. The Morgan fingerprint density at radius 3 is 2.93 bits per heavy atom. The van der Waals surface area contributed by atoms with Crippen LogP contribution in [0, 0.1) is 11.3 Å². The van der Waals surface area contributed by atoms with Crippen LogP contribution in [0.25, 0.3) is 10.9 Å². The van der Waals surface area contributed by atoms with Gasteiger partial charge in [-0.15, -0.1) is 0 Å². The van der Waals surface area contributed by atoms with Crippen molar-refractivity contribution in [1.82, 2.24) is 4.57 Å². The first-order chi connectivity index (χ1) is 7.22. The summed E-state index contributed by atoms with van der Waals surface area (Å²) in [4.78, 5) is 11.6. The Morgan fingerprint density at radius 2 is 2.20 bits per heavy atom. The smallest absolute Gasteiger partial charge is 0.189 e. The van der Waals surface area contributed by atoms with Crippen LogP contribution in [0.2, 0.25) is 0 Å². The summed E-state index contributed by atoms with van der Waals surface area (Å²) < 4.78 is 2.62. The minimum absolute atomic E-state index is 0.0273. The van der Waals surface area contributed by atoms with Crippen molar-refractivity contribution in [3.05, 3.63) is 45.2 Å². The Morgan fingerprint density at radius 1 is 1.40 bits per heavy atom. The Kier molecular flexibility index (Phi) is 2.57. The number of benzene rings is 1. The van der Waals surface area contributed by atoms with E-state index in [4.69, 9.17) is 5.26 Å². The second kappa shape index (κ2) is 3.87. The molecule has 74 valence electrons. The fourth-order valence-corrected chi connectivity index (χ4v) is 1.86. The van der Waals surface area contributed by atoms with Crippen molar-refractivity contribution < 1.29 is 0 Å². The number of rotatable bonds is 1. The average molecular weight is 263 g/mol. The quantitative estimate of drug-likeness (QED) is 0.792. The standard InChI is InChI=1S/C11H7BrN2O/c12-8-1-2-10-9(7-8)11(15)3-5-14(10)6-4-13/h1-3,5,7H,6H2. The first kappa shape index (κ1) is 9.94. The molecule has 0 aliphatic rings. The molecule has 15 heavy (non-hydrogen) atoms. The maximum absolute atomic E-state index is 11.6. The SMILES string of the molecule is N#CCn1ccc(=O)c2cc(Br)ccc21. The fourth-order valence-electron chi connectivity index (χ4n) is 1.50. The van der Waals surface area contributed by atoms with Gasteiger partial charge in [0.25, 0.3) is 0 Å². The molecule has 0 saturated carbocycles. The number of hydrogen-bond donors (Lipinski definition) is 0. The van der Waals surface area contributed by atoms with E-state index in [-0.39, 0.29) is 12.0 Å². The number of nitriles is 1. The molecule has 1 aromatic heterocycles. The summed E-state index contributed by atoms with van der Waals surface area (Å²) in [6, 6.07) is 9.00. The second-order valence-electron chi connectivity index (χ2n) is 3.13. The lowest BCUT2D eigenvalue weighted by Crippen LogP contribution is -2.07. The van der Waals surface area contributed by atoms with Gasteiger partial charge in [-0.05, 0) is 18.2 Å².